The van der Waals surface area contributed by atoms with Crippen LogP contribution in [-0.4, -0.2) is 16.1 Å². The van der Waals surface area contributed by atoms with E-state index in [1.54, 1.807) is 12.1 Å². The van der Waals surface area contributed by atoms with Crippen LogP contribution in [0.5, 0.6) is 5.75 Å². The number of benzene rings is 1. The number of nitrogens with one attached hydrogen (secondary N) is 1. The van der Waals surface area contributed by atoms with Crippen molar-refractivity contribution in [1.82, 2.24) is 10.2 Å². The third-order valence-electron chi connectivity index (χ3n) is 6.38. The first kappa shape index (κ1) is 17.4. The van der Waals surface area contributed by atoms with Crippen molar-refractivity contribution < 1.29 is 9.53 Å². The highest BCUT2D eigenvalue weighted by molar-refractivity contribution is 7.15. The van der Waals surface area contributed by atoms with Crippen molar-refractivity contribution in [2.75, 3.05) is 5.32 Å². The van der Waals surface area contributed by atoms with Crippen LogP contribution in [0, 0.1) is 23.2 Å². The number of hydrogen-bond donors (Lipinski definition) is 1. The molecule has 0 unspecified atom stereocenters. The molecule has 1 heterocycles. The summed E-state index contributed by atoms with van der Waals surface area (Å²) in [4.78, 5) is 13.1. The van der Waals surface area contributed by atoms with Crippen molar-refractivity contribution in [2.45, 2.75) is 45.1 Å². The summed E-state index contributed by atoms with van der Waals surface area (Å²) in [6.45, 7) is 0.326. The molecule has 6 rings (SSSR count). The maximum Gasteiger partial charge on any atom is 0.232 e. The molecule has 0 saturated heterocycles. The molecule has 4 aliphatic carbocycles. The van der Waals surface area contributed by atoms with Crippen LogP contribution in [-0.2, 0) is 11.4 Å². The predicted molar refractivity (Wildman–Crippen MR) is 105 cm³/mol. The number of ether oxygens (including phenoxy) is 1. The zero-order chi connectivity index (χ0) is 18.4. The molecule has 2 aromatic rings. The molecule has 0 aliphatic heterocycles. The highest BCUT2D eigenvalue weighted by Gasteiger charge is 2.54. The minimum atomic E-state index is -0.166. The number of rotatable bonds is 5. The third kappa shape index (κ3) is 3.45. The molecular weight excluding hydrogens is 382 g/mol. The summed E-state index contributed by atoms with van der Waals surface area (Å²) in [6, 6.07) is 7.21. The lowest BCUT2D eigenvalue weighted by Gasteiger charge is -2.55. The standard InChI is InChI=1S/C20H22ClN3O2S/c21-15-1-3-16(4-2-15)26-11-17-23-24-19(27-17)22-18(25)20-8-12-5-13(9-20)7-14(6-12)10-20/h1-4,12-14H,5-11H2,(H,22,24,25). The first-order valence-electron chi connectivity index (χ1n) is 9.60. The van der Waals surface area contributed by atoms with E-state index in [0.717, 1.165) is 47.8 Å². The molecule has 0 radical (unpaired) electrons. The Morgan fingerprint density at radius 1 is 1.11 bits per heavy atom. The van der Waals surface area contributed by atoms with Crippen molar-refractivity contribution in [3.8, 4) is 5.75 Å². The number of nitrogens with zero attached hydrogens (tertiary/aromatic N) is 2. The summed E-state index contributed by atoms with van der Waals surface area (Å²) >= 11 is 7.26. The van der Waals surface area contributed by atoms with Crippen molar-refractivity contribution in [1.29, 1.82) is 0 Å². The van der Waals surface area contributed by atoms with Gasteiger partial charge in [0.1, 0.15) is 12.4 Å². The quantitative estimate of drug-likeness (QED) is 0.769. The van der Waals surface area contributed by atoms with Crippen LogP contribution in [0.15, 0.2) is 24.3 Å². The molecule has 142 valence electrons. The van der Waals surface area contributed by atoms with Gasteiger partial charge >= 0.3 is 0 Å². The van der Waals surface area contributed by atoms with E-state index >= 15 is 0 Å². The zero-order valence-electron chi connectivity index (χ0n) is 15.0. The Hall–Kier alpha value is -1.66. The maximum atomic E-state index is 13.1. The average Bonchev–Trinajstić information content (AvgIpc) is 3.07. The summed E-state index contributed by atoms with van der Waals surface area (Å²) in [5, 5.41) is 13.3. The molecule has 1 N–H and O–H groups in total. The fourth-order valence-electron chi connectivity index (χ4n) is 5.66. The van der Waals surface area contributed by atoms with E-state index in [1.165, 1.54) is 30.6 Å². The Balaban J connectivity index is 1.22. The fourth-order valence-corrected chi connectivity index (χ4v) is 6.43. The number of carbonyl (C=O) groups excluding carboxylic acids is 1. The van der Waals surface area contributed by atoms with Crippen LogP contribution in [0.1, 0.15) is 43.5 Å². The summed E-state index contributed by atoms with van der Waals surface area (Å²) in [6.07, 6.45) is 7.15. The Morgan fingerprint density at radius 3 is 2.37 bits per heavy atom. The van der Waals surface area contributed by atoms with E-state index < -0.39 is 0 Å². The van der Waals surface area contributed by atoms with Crippen molar-refractivity contribution in [2.24, 2.45) is 23.2 Å². The fraction of sp³-hybridized carbons (Fsp3) is 0.550. The molecule has 4 fully saturated rings. The third-order valence-corrected chi connectivity index (χ3v) is 7.45. The van der Waals surface area contributed by atoms with Crippen LogP contribution in [0.2, 0.25) is 5.02 Å². The van der Waals surface area contributed by atoms with Gasteiger partial charge in [0.15, 0.2) is 5.01 Å². The molecule has 1 amide bonds. The molecule has 1 aromatic heterocycles. The smallest absolute Gasteiger partial charge is 0.232 e. The van der Waals surface area contributed by atoms with E-state index in [1.807, 2.05) is 12.1 Å². The van der Waals surface area contributed by atoms with E-state index in [0.29, 0.717) is 16.8 Å². The van der Waals surface area contributed by atoms with E-state index in [4.69, 9.17) is 16.3 Å². The minimum Gasteiger partial charge on any atom is -0.486 e. The zero-order valence-corrected chi connectivity index (χ0v) is 16.6. The van der Waals surface area contributed by atoms with Crippen molar-refractivity contribution in [3.05, 3.63) is 34.3 Å². The lowest BCUT2D eigenvalue weighted by atomic mass is 9.49. The van der Waals surface area contributed by atoms with Crippen molar-refractivity contribution >= 4 is 34.0 Å². The van der Waals surface area contributed by atoms with E-state index in [-0.39, 0.29) is 11.3 Å². The molecule has 4 saturated carbocycles. The van der Waals surface area contributed by atoms with Gasteiger partial charge in [-0.05, 0) is 80.5 Å². The van der Waals surface area contributed by atoms with Crippen LogP contribution in [0.4, 0.5) is 5.13 Å². The van der Waals surface area contributed by atoms with Gasteiger partial charge in [-0.2, -0.15) is 0 Å². The molecule has 4 aliphatic rings. The molecular formula is C20H22ClN3O2S. The molecule has 0 spiro atoms. The number of aromatic nitrogens is 2. The predicted octanol–water partition coefficient (Wildman–Crippen LogP) is 4.93. The summed E-state index contributed by atoms with van der Waals surface area (Å²) in [5.74, 6) is 3.14. The van der Waals surface area contributed by atoms with Gasteiger partial charge in [-0.25, -0.2) is 0 Å². The van der Waals surface area contributed by atoms with E-state index in [9.17, 15) is 4.79 Å². The molecule has 7 heteroatoms. The van der Waals surface area contributed by atoms with Crippen LogP contribution >= 0.6 is 22.9 Å². The Bertz CT molecular complexity index is 816. The highest BCUT2D eigenvalue weighted by Crippen LogP contribution is 2.60. The minimum absolute atomic E-state index is 0.155. The number of amides is 1. The Labute approximate surface area is 167 Å². The maximum absolute atomic E-state index is 13.1. The number of carbonyl (C=O) groups is 1. The topological polar surface area (TPSA) is 64.1 Å². The number of hydrogen-bond acceptors (Lipinski definition) is 5. The second kappa shape index (κ2) is 6.74. The number of halogens is 1. The van der Waals surface area contributed by atoms with E-state index in [2.05, 4.69) is 15.5 Å². The first-order valence-corrected chi connectivity index (χ1v) is 10.8. The average molecular weight is 404 g/mol. The normalized spacial score (nSPS) is 31.1. The van der Waals surface area contributed by atoms with Crippen molar-refractivity contribution in [3.63, 3.8) is 0 Å². The van der Waals surface area contributed by atoms with Gasteiger partial charge in [0, 0.05) is 5.02 Å². The Morgan fingerprint density at radius 2 is 1.74 bits per heavy atom. The summed E-state index contributed by atoms with van der Waals surface area (Å²) in [5.41, 5.74) is -0.166. The SMILES string of the molecule is O=C(Nc1nnc(COc2ccc(Cl)cc2)s1)C12CC3CC(CC(C3)C1)C2. The molecule has 0 atom stereocenters. The van der Waals surface area contributed by atoms with Gasteiger partial charge in [0.25, 0.3) is 0 Å². The summed E-state index contributed by atoms with van der Waals surface area (Å²) < 4.78 is 5.70. The van der Waals surface area contributed by atoms with Gasteiger partial charge in [0.2, 0.25) is 11.0 Å². The lowest BCUT2D eigenvalue weighted by Crippen LogP contribution is -2.51. The van der Waals surface area contributed by atoms with Gasteiger partial charge in [-0.3, -0.25) is 4.79 Å². The number of anilines is 1. The van der Waals surface area contributed by atoms with Gasteiger partial charge in [-0.1, -0.05) is 22.9 Å². The highest BCUT2D eigenvalue weighted by atomic mass is 35.5. The Kier molecular flexibility index (Phi) is 4.36. The second-order valence-electron chi connectivity index (χ2n) is 8.40. The van der Waals surface area contributed by atoms with Gasteiger partial charge < -0.3 is 10.1 Å². The molecule has 4 bridgehead atoms. The second-order valence-corrected chi connectivity index (χ2v) is 9.89. The van der Waals surface area contributed by atoms with Crippen LogP contribution < -0.4 is 10.1 Å². The monoisotopic (exact) mass is 403 g/mol. The first-order chi connectivity index (χ1) is 13.1. The largest absolute Gasteiger partial charge is 0.486 e. The van der Waals surface area contributed by atoms with Gasteiger partial charge in [0.05, 0.1) is 5.41 Å². The molecule has 27 heavy (non-hydrogen) atoms. The molecule has 5 nitrogen and oxygen atoms in total. The molecule has 1 aromatic carbocycles. The van der Waals surface area contributed by atoms with Crippen LogP contribution in [0.25, 0.3) is 0 Å². The van der Waals surface area contributed by atoms with Crippen LogP contribution in [0.3, 0.4) is 0 Å². The lowest BCUT2D eigenvalue weighted by molar-refractivity contribution is -0.140. The summed E-state index contributed by atoms with van der Waals surface area (Å²) in [7, 11) is 0. The van der Waals surface area contributed by atoms with Gasteiger partial charge in [-0.15, -0.1) is 10.2 Å².